The second-order valence-electron chi connectivity index (χ2n) is 15.2. The van der Waals surface area contributed by atoms with Crippen molar-refractivity contribution in [3.63, 3.8) is 0 Å². The highest BCUT2D eigenvalue weighted by atomic mass is 16.5. The highest BCUT2D eigenvalue weighted by Gasteiger charge is 2.38. The van der Waals surface area contributed by atoms with E-state index in [0.29, 0.717) is 58.1 Å². The van der Waals surface area contributed by atoms with E-state index in [2.05, 4.69) is 16.1 Å². The molecule has 0 aromatic carbocycles. The van der Waals surface area contributed by atoms with Crippen LogP contribution >= 0.6 is 0 Å². The molecule has 0 saturated carbocycles. The van der Waals surface area contributed by atoms with Gasteiger partial charge in [0.15, 0.2) is 17.3 Å². The zero-order valence-corrected chi connectivity index (χ0v) is 32.0. The van der Waals surface area contributed by atoms with Crippen LogP contribution in [0.5, 0.6) is 0 Å². The van der Waals surface area contributed by atoms with Gasteiger partial charge in [-0.2, -0.15) is 0 Å². The number of unbranched alkanes of at least 4 members (excludes halogenated alkanes) is 1. The fourth-order valence-electron chi connectivity index (χ4n) is 5.00. The Hall–Kier alpha value is -2.25. The first-order chi connectivity index (χ1) is 22.1. The molecular weight excluding hydrogens is 614 g/mol. The molecule has 12 nitrogen and oxygen atoms in total. The van der Waals surface area contributed by atoms with Crippen LogP contribution < -0.4 is 21.9 Å². The number of Topliss-reactive ketones (excluding diaryl/α,β-unsaturated/α-hetero) is 3. The summed E-state index contributed by atoms with van der Waals surface area (Å²) < 4.78 is 6.00. The van der Waals surface area contributed by atoms with Gasteiger partial charge in [0.05, 0.1) is 23.7 Å². The lowest BCUT2D eigenvalue weighted by Crippen LogP contribution is -2.54. The number of amides is 2. The SMILES string of the molecule is CCC(C)(O)C(=O)CN(C)C(C)(CC)C(=O)CCCC(=O)NCCCCC(NC(=O)CCC(C)(C)OCCC(C)(C)NN)C(=O)C(C)C. The number of aliphatic hydroxyl groups is 1. The molecular formula is C36H69N5O7. The molecule has 0 radical (unpaired) electrons. The molecule has 12 heteroatoms. The van der Waals surface area contributed by atoms with Crippen molar-refractivity contribution in [1.29, 1.82) is 0 Å². The number of carbonyl (C=O) groups excluding carboxylic acids is 5. The van der Waals surface area contributed by atoms with Crippen LogP contribution in [0.4, 0.5) is 0 Å². The Bertz CT molecular complexity index is 1040. The van der Waals surface area contributed by atoms with Gasteiger partial charge in [-0.15, -0.1) is 0 Å². The second kappa shape index (κ2) is 21.1. The van der Waals surface area contributed by atoms with Gasteiger partial charge in [0.1, 0.15) is 5.60 Å². The number of rotatable bonds is 27. The third kappa shape index (κ3) is 16.9. The predicted octanol–water partition coefficient (Wildman–Crippen LogP) is 3.76. The molecule has 0 heterocycles. The summed E-state index contributed by atoms with van der Waals surface area (Å²) in [6.45, 7) is 19.3. The minimum Gasteiger partial charge on any atom is -0.382 e. The first kappa shape index (κ1) is 45.8. The van der Waals surface area contributed by atoms with Crippen LogP contribution in [0.25, 0.3) is 0 Å². The van der Waals surface area contributed by atoms with E-state index in [1.807, 2.05) is 48.5 Å². The van der Waals surface area contributed by atoms with Crippen molar-refractivity contribution < 1.29 is 33.8 Å². The Morgan fingerprint density at radius 2 is 1.46 bits per heavy atom. The van der Waals surface area contributed by atoms with E-state index < -0.39 is 22.8 Å². The lowest BCUT2D eigenvalue weighted by Gasteiger charge is -2.37. The first-order valence-electron chi connectivity index (χ1n) is 17.8. The zero-order chi connectivity index (χ0) is 37.3. The summed E-state index contributed by atoms with van der Waals surface area (Å²) in [5.74, 6) is 4.59. The predicted molar refractivity (Wildman–Crippen MR) is 190 cm³/mol. The molecule has 0 bridgehead atoms. The third-order valence-corrected chi connectivity index (χ3v) is 9.66. The number of nitrogens with one attached hydrogen (secondary N) is 3. The summed E-state index contributed by atoms with van der Waals surface area (Å²) in [7, 11) is 1.71. The van der Waals surface area contributed by atoms with Crippen molar-refractivity contribution >= 4 is 29.2 Å². The molecule has 0 aliphatic carbocycles. The number of ether oxygens (including phenoxy) is 1. The van der Waals surface area contributed by atoms with Gasteiger partial charge < -0.3 is 20.5 Å². The summed E-state index contributed by atoms with van der Waals surface area (Å²) in [6.07, 6.45) is 4.80. The average Bonchev–Trinajstić information content (AvgIpc) is 3.01. The number of ketones is 3. The molecule has 0 aliphatic rings. The molecule has 48 heavy (non-hydrogen) atoms. The van der Waals surface area contributed by atoms with Gasteiger partial charge >= 0.3 is 0 Å². The van der Waals surface area contributed by atoms with Crippen molar-refractivity contribution in [2.45, 2.75) is 168 Å². The Balaban J connectivity index is 4.69. The quantitative estimate of drug-likeness (QED) is 0.0486. The lowest BCUT2D eigenvalue weighted by atomic mass is 9.87. The number of carbonyl (C=O) groups is 5. The fraction of sp³-hybridized carbons (Fsp3) is 0.861. The second-order valence-corrected chi connectivity index (χ2v) is 15.2. The van der Waals surface area contributed by atoms with Crippen LogP contribution in [0.15, 0.2) is 0 Å². The molecule has 0 rings (SSSR count). The van der Waals surface area contributed by atoms with E-state index in [-0.39, 0.29) is 66.4 Å². The Labute approximate surface area is 290 Å². The highest BCUT2D eigenvalue weighted by molar-refractivity contribution is 5.92. The number of nitrogens with two attached hydrogens (primary N) is 1. The molecule has 0 aromatic heterocycles. The van der Waals surface area contributed by atoms with Crippen molar-refractivity contribution in [2.24, 2.45) is 11.8 Å². The molecule has 0 spiro atoms. The van der Waals surface area contributed by atoms with E-state index in [4.69, 9.17) is 10.6 Å². The third-order valence-electron chi connectivity index (χ3n) is 9.66. The summed E-state index contributed by atoms with van der Waals surface area (Å²) in [4.78, 5) is 65.4. The number of likely N-dealkylation sites (N-methyl/N-ethyl adjacent to an activating group) is 1. The summed E-state index contributed by atoms with van der Waals surface area (Å²) in [5, 5.41) is 16.1. The maximum absolute atomic E-state index is 13.1. The summed E-state index contributed by atoms with van der Waals surface area (Å²) in [5.41, 5.74) is -0.309. The van der Waals surface area contributed by atoms with Gasteiger partial charge in [0.2, 0.25) is 11.8 Å². The van der Waals surface area contributed by atoms with Crippen molar-refractivity contribution in [2.75, 3.05) is 26.7 Å². The van der Waals surface area contributed by atoms with E-state index in [0.717, 1.165) is 6.42 Å². The molecule has 6 N–H and O–H groups in total. The minimum absolute atomic E-state index is 0.0195. The maximum Gasteiger partial charge on any atom is 0.220 e. The number of hydrazine groups is 1. The highest BCUT2D eigenvalue weighted by Crippen LogP contribution is 2.24. The average molecular weight is 684 g/mol. The van der Waals surface area contributed by atoms with Gasteiger partial charge in [-0.1, -0.05) is 27.7 Å². The molecule has 2 amide bonds. The van der Waals surface area contributed by atoms with Crippen LogP contribution in [-0.4, -0.2) is 94.2 Å². The first-order valence-corrected chi connectivity index (χ1v) is 17.8. The van der Waals surface area contributed by atoms with Crippen LogP contribution in [0.3, 0.4) is 0 Å². The Morgan fingerprint density at radius 1 is 0.833 bits per heavy atom. The Kier molecular flexibility index (Phi) is 20.1. The smallest absolute Gasteiger partial charge is 0.220 e. The van der Waals surface area contributed by atoms with Crippen LogP contribution in [0.1, 0.15) is 140 Å². The van der Waals surface area contributed by atoms with Gasteiger partial charge in [0, 0.05) is 43.9 Å². The van der Waals surface area contributed by atoms with Gasteiger partial charge in [-0.3, -0.25) is 40.1 Å². The van der Waals surface area contributed by atoms with Crippen LogP contribution in [0.2, 0.25) is 0 Å². The van der Waals surface area contributed by atoms with Crippen molar-refractivity contribution in [3.8, 4) is 0 Å². The van der Waals surface area contributed by atoms with Gasteiger partial charge in [-0.25, -0.2) is 0 Å². The normalized spacial score (nSPS) is 15.5. The largest absolute Gasteiger partial charge is 0.382 e. The van der Waals surface area contributed by atoms with E-state index in [9.17, 15) is 29.1 Å². The lowest BCUT2D eigenvalue weighted by molar-refractivity contribution is -0.140. The van der Waals surface area contributed by atoms with Crippen molar-refractivity contribution in [1.82, 2.24) is 21.0 Å². The van der Waals surface area contributed by atoms with E-state index in [1.165, 1.54) is 6.92 Å². The van der Waals surface area contributed by atoms with Gasteiger partial charge in [-0.05, 0) is 100.0 Å². The number of nitrogens with zero attached hydrogens (tertiary/aromatic N) is 1. The zero-order valence-electron chi connectivity index (χ0n) is 32.0. The van der Waals surface area contributed by atoms with Gasteiger partial charge in [0.25, 0.3) is 0 Å². The topological polar surface area (TPSA) is 180 Å². The Morgan fingerprint density at radius 3 is 2.00 bits per heavy atom. The standard InChI is InChI=1S/C36H69N5O7/c1-12-35(9,41(11)25-29(43)36(10,47)13-2)28(42)18-16-19-30(44)38-23-15-14-17-27(32(46)26(3)4)39-31(45)20-21-34(7,8)48-24-22-33(5,6)40-37/h26-27,40,47H,12-25,37H2,1-11H3,(H,38,44)(H,39,45). The monoisotopic (exact) mass is 684 g/mol. The van der Waals surface area contributed by atoms with Crippen molar-refractivity contribution in [3.05, 3.63) is 0 Å². The van der Waals surface area contributed by atoms with Crippen LogP contribution in [0, 0.1) is 5.92 Å². The molecule has 0 saturated heterocycles. The molecule has 3 atom stereocenters. The van der Waals surface area contributed by atoms with Crippen LogP contribution in [-0.2, 0) is 28.7 Å². The molecule has 0 aromatic rings. The summed E-state index contributed by atoms with van der Waals surface area (Å²) in [6, 6.07) is -0.589. The van der Waals surface area contributed by atoms with E-state index in [1.54, 1.807) is 25.8 Å². The molecule has 3 unspecified atom stereocenters. The maximum atomic E-state index is 13.1. The minimum atomic E-state index is -1.43. The molecule has 280 valence electrons. The number of hydrogen-bond acceptors (Lipinski definition) is 10. The van der Waals surface area contributed by atoms with E-state index >= 15 is 0 Å². The number of hydrogen-bond donors (Lipinski definition) is 5. The fourth-order valence-corrected chi connectivity index (χ4v) is 5.00. The summed E-state index contributed by atoms with van der Waals surface area (Å²) >= 11 is 0. The molecule has 0 fully saturated rings. The molecule has 0 aliphatic heterocycles.